The van der Waals surface area contributed by atoms with Gasteiger partial charge in [-0.25, -0.2) is 0 Å². The van der Waals surface area contributed by atoms with Gasteiger partial charge in [0, 0.05) is 11.3 Å². The molecular formula is C16H22N2O. The molecule has 1 unspecified atom stereocenters. The molecule has 1 aromatic carbocycles. The summed E-state index contributed by atoms with van der Waals surface area (Å²) in [5, 5.41) is 0. The number of hydrogen-bond acceptors (Lipinski definition) is 2. The van der Waals surface area contributed by atoms with Gasteiger partial charge in [0.1, 0.15) is 0 Å². The standard InChI is InChI=1S/C16H22N2O/c1-12-9-14(11-16(2,3)10-12)17-18-15(19)13-7-5-4-6-8-13/h4-8,11-12,17H,9-10H2,1-3H3,(H,18,19). The van der Waals surface area contributed by atoms with Crippen LogP contribution in [0.2, 0.25) is 0 Å². The van der Waals surface area contributed by atoms with Crippen molar-refractivity contribution in [3.05, 3.63) is 47.7 Å². The Morgan fingerprint density at radius 3 is 2.58 bits per heavy atom. The van der Waals surface area contributed by atoms with Crippen LogP contribution in [0.25, 0.3) is 0 Å². The zero-order valence-corrected chi connectivity index (χ0v) is 11.9. The molecule has 102 valence electrons. The van der Waals surface area contributed by atoms with Crippen molar-refractivity contribution in [3.8, 4) is 0 Å². The number of amides is 1. The molecule has 0 saturated heterocycles. The molecule has 0 heterocycles. The number of hydrazine groups is 1. The third kappa shape index (κ3) is 3.85. The molecule has 3 heteroatoms. The summed E-state index contributed by atoms with van der Waals surface area (Å²) in [5.41, 5.74) is 7.80. The van der Waals surface area contributed by atoms with Crippen LogP contribution in [-0.4, -0.2) is 5.91 Å². The van der Waals surface area contributed by atoms with E-state index < -0.39 is 0 Å². The molecule has 19 heavy (non-hydrogen) atoms. The molecule has 1 amide bonds. The number of hydrogen-bond donors (Lipinski definition) is 2. The van der Waals surface area contributed by atoms with Gasteiger partial charge in [-0.3, -0.25) is 10.2 Å². The fraction of sp³-hybridized carbons (Fsp3) is 0.438. The normalized spacial score (nSPS) is 21.4. The van der Waals surface area contributed by atoms with E-state index in [1.54, 1.807) is 12.1 Å². The molecule has 2 rings (SSSR count). The first-order valence-electron chi connectivity index (χ1n) is 6.79. The van der Waals surface area contributed by atoms with Gasteiger partial charge < -0.3 is 5.43 Å². The van der Waals surface area contributed by atoms with E-state index in [1.807, 2.05) is 18.2 Å². The van der Waals surface area contributed by atoms with Crippen LogP contribution in [-0.2, 0) is 0 Å². The van der Waals surface area contributed by atoms with Crippen molar-refractivity contribution in [3.63, 3.8) is 0 Å². The highest BCUT2D eigenvalue weighted by molar-refractivity contribution is 5.93. The summed E-state index contributed by atoms with van der Waals surface area (Å²) < 4.78 is 0. The molecule has 1 atom stereocenters. The third-order valence-corrected chi connectivity index (χ3v) is 3.38. The molecular weight excluding hydrogens is 236 g/mol. The highest BCUT2D eigenvalue weighted by Crippen LogP contribution is 2.35. The molecule has 2 N–H and O–H groups in total. The highest BCUT2D eigenvalue weighted by Gasteiger charge is 2.25. The monoisotopic (exact) mass is 258 g/mol. The van der Waals surface area contributed by atoms with E-state index in [-0.39, 0.29) is 11.3 Å². The summed E-state index contributed by atoms with van der Waals surface area (Å²) in [5.74, 6) is 0.536. The van der Waals surface area contributed by atoms with E-state index in [0.717, 1.165) is 12.1 Å². The minimum Gasteiger partial charge on any atom is -0.303 e. The maximum Gasteiger partial charge on any atom is 0.269 e. The summed E-state index contributed by atoms with van der Waals surface area (Å²) in [6.07, 6.45) is 4.39. The second kappa shape index (κ2) is 5.47. The van der Waals surface area contributed by atoms with Crippen LogP contribution in [0.3, 0.4) is 0 Å². The lowest BCUT2D eigenvalue weighted by Gasteiger charge is -2.32. The Hall–Kier alpha value is -1.77. The van der Waals surface area contributed by atoms with Gasteiger partial charge in [0.25, 0.3) is 5.91 Å². The lowest BCUT2D eigenvalue weighted by molar-refractivity contribution is 0.0936. The van der Waals surface area contributed by atoms with E-state index in [4.69, 9.17) is 0 Å². The lowest BCUT2D eigenvalue weighted by atomic mass is 9.76. The molecule has 1 aliphatic rings. The van der Waals surface area contributed by atoms with Crippen LogP contribution in [0, 0.1) is 11.3 Å². The number of carbonyl (C=O) groups is 1. The van der Waals surface area contributed by atoms with Crippen LogP contribution in [0.1, 0.15) is 44.0 Å². The first kappa shape index (κ1) is 13.7. The minimum atomic E-state index is -0.0995. The Kier molecular flexibility index (Phi) is 3.93. The first-order chi connectivity index (χ1) is 8.96. The van der Waals surface area contributed by atoms with Gasteiger partial charge in [-0.2, -0.15) is 0 Å². The number of benzene rings is 1. The number of nitrogens with one attached hydrogen (secondary N) is 2. The highest BCUT2D eigenvalue weighted by atomic mass is 16.2. The average molecular weight is 258 g/mol. The van der Waals surface area contributed by atoms with E-state index in [2.05, 4.69) is 37.7 Å². The summed E-state index contributed by atoms with van der Waals surface area (Å²) in [4.78, 5) is 11.9. The second-order valence-electron chi connectivity index (χ2n) is 6.12. The number of rotatable bonds is 3. The van der Waals surface area contributed by atoms with E-state index in [1.165, 1.54) is 6.42 Å². The van der Waals surface area contributed by atoms with Crippen LogP contribution in [0.15, 0.2) is 42.1 Å². The van der Waals surface area contributed by atoms with Crippen molar-refractivity contribution < 1.29 is 4.79 Å². The van der Waals surface area contributed by atoms with Crippen molar-refractivity contribution in [2.45, 2.75) is 33.6 Å². The maximum absolute atomic E-state index is 11.9. The Labute approximate surface area is 115 Å². The van der Waals surface area contributed by atoms with Gasteiger partial charge in [0.2, 0.25) is 0 Å². The minimum absolute atomic E-state index is 0.0995. The predicted octanol–water partition coefficient (Wildman–Crippen LogP) is 3.26. The SMILES string of the molecule is CC1CC(NNC(=O)c2ccccc2)=CC(C)(C)C1. The van der Waals surface area contributed by atoms with E-state index in [0.29, 0.717) is 11.5 Å². The number of allylic oxidation sites excluding steroid dienone is 2. The fourth-order valence-corrected chi connectivity index (χ4v) is 2.82. The van der Waals surface area contributed by atoms with E-state index >= 15 is 0 Å². The predicted molar refractivity (Wildman–Crippen MR) is 77.3 cm³/mol. The van der Waals surface area contributed by atoms with Gasteiger partial charge in [0.05, 0.1) is 0 Å². The Balaban J connectivity index is 1.96. The Bertz CT molecular complexity index is 477. The van der Waals surface area contributed by atoms with Gasteiger partial charge in [-0.05, 0) is 36.3 Å². The Morgan fingerprint density at radius 1 is 1.26 bits per heavy atom. The number of carbonyl (C=O) groups excluding carboxylic acids is 1. The lowest BCUT2D eigenvalue weighted by Crippen LogP contribution is -2.39. The molecule has 0 bridgehead atoms. The third-order valence-electron chi connectivity index (χ3n) is 3.38. The first-order valence-corrected chi connectivity index (χ1v) is 6.79. The quantitative estimate of drug-likeness (QED) is 0.817. The Morgan fingerprint density at radius 2 is 1.95 bits per heavy atom. The van der Waals surface area contributed by atoms with Crippen LogP contribution < -0.4 is 10.9 Å². The van der Waals surface area contributed by atoms with Crippen molar-refractivity contribution in [1.29, 1.82) is 0 Å². The van der Waals surface area contributed by atoms with Crippen LogP contribution in [0.5, 0.6) is 0 Å². The summed E-state index contributed by atoms with van der Waals surface area (Å²) in [6, 6.07) is 9.23. The smallest absolute Gasteiger partial charge is 0.269 e. The molecule has 1 aliphatic carbocycles. The molecule has 0 radical (unpaired) electrons. The van der Waals surface area contributed by atoms with Gasteiger partial charge in [0.15, 0.2) is 0 Å². The van der Waals surface area contributed by atoms with Crippen LogP contribution >= 0.6 is 0 Å². The molecule has 0 aromatic heterocycles. The van der Waals surface area contributed by atoms with E-state index in [9.17, 15) is 4.79 Å². The van der Waals surface area contributed by atoms with Gasteiger partial charge in [-0.1, -0.05) is 45.0 Å². The second-order valence-corrected chi connectivity index (χ2v) is 6.12. The van der Waals surface area contributed by atoms with Crippen molar-refractivity contribution in [2.24, 2.45) is 11.3 Å². The van der Waals surface area contributed by atoms with Gasteiger partial charge >= 0.3 is 0 Å². The summed E-state index contributed by atoms with van der Waals surface area (Å²) >= 11 is 0. The summed E-state index contributed by atoms with van der Waals surface area (Å²) in [7, 11) is 0. The zero-order valence-electron chi connectivity index (χ0n) is 11.9. The molecule has 0 fully saturated rings. The van der Waals surface area contributed by atoms with Crippen molar-refractivity contribution >= 4 is 5.91 Å². The van der Waals surface area contributed by atoms with Gasteiger partial charge in [-0.15, -0.1) is 0 Å². The fourth-order valence-electron chi connectivity index (χ4n) is 2.82. The zero-order chi connectivity index (χ0) is 13.9. The molecule has 0 aliphatic heterocycles. The van der Waals surface area contributed by atoms with Crippen molar-refractivity contribution in [1.82, 2.24) is 10.9 Å². The summed E-state index contributed by atoms with van der Waals surface area (Å²) in [6.45, 7) is 6.70. The molecule has 3 nitrogen and oxygen atoms in total. The largest absolute Gasteiger partial charge is 0.303 e. The van der Waals surface area contributed by atoms with Crippen molar-refractivity contribution in [2.75, 3.05) is 0 Å². The van der Waals surface area contributed by atoms with Crippen LogP contribution in [0.4, 0.5) is 0 Å². The molecule has 0 saturated carbocycles. The molecule has 1 aromatic rings. The topological polar surface area (TPSA) is 41.1 Å². The maximum atomic E-state index is 11.9. The average Bonchev–Trinajstić information content (AvgIpc) is 2.34. The molecule has 0 spiro atoms.